The molecule has 284 valence electrons. The van der Waals surface area contributed by atoms with Crippen LogP contribution in [0.2, 0.25) is 26.2 Å². The number of halogens is 2. The Kier molecular flexibility index (Phi) is 15.8. The maximum Gasteiger partial charge on any atom is -0.147 e. The van der Waals surface area contributed by atoms with Gasteiger partial charge in [0.2, 0.25) is 0 Å². The van der Waals surface area contributed by atoms with Crippen molar-refractivity contribution in [3.8, 4) is 0 Å². The van der Waals surface area contributed by atoms with Gasteiger partial charge in [-0.15, -0.1) is 24.8 Å². The molecule has 0 heterocycles. The second-order valence-electron chi connectivity index (χ2n) is 18.5. The minimum atomic E-state index is -2.97. The van der Waals surface area contributed by atoms with Crippen LogP contribution in [0.1, 0.15) is 108 Å². The molecule has 0 radical (unpaired) electrons. The molecule has 0 saturated carbocycles. The third kappa shape index (κ3) is 8.20. The molecule has 0 nitrogen and oxygen atoms in total. The van der Waals surface area contributed by atoms with Gasteiger partial charge >= 0.3 is 321 Å². The van der Waals surface area contributed by atoms with Gasteiger partial charge in [0.05, 0.1) is 0 Å². The van der Waals surface area contributed by atoms with Crippen LogP contribution in [0, 0.1) is 10.8 Å². The van der Waals surface area contributed by atoms with Crippen LogP contribution in [0.3, 0.4) is 0 Å². The number of allylic oxidation sites excluding steroid dienone is 24. The van der Waals surface area contributed by atoms with Gasteiger partial charge in [0.1, 0.15) is 0 Å². The SMILES string of the molecule is CC1=[C]([Hf]([C]2=C(C)C=CC2)([C]2=C(C(C)(C)C)C=CC2)[SiH](C)C)CC=C1.CC1=[C]([Hf]([C]2=C(C)C=CC2)([C]2=C(C(C)(C)C)C=CC2)[SiH](C)C)CC=C1.Cl.Cl. The van der Waals surface area contributed by atoms with Crippen molar-refractivity contribution in [1.29, 1.82) is 0 Å². The Morgan fingerprint density at radius 2 is 0.596 bits per heavy atom. The first-order valence-electron chi connectivity index (χ1n) is 19.7. The minimum Gasteiger partial charge on any atom is -0.147 e. The largest absolute Gasteiger partial charge is 0.147 e. The van der Waals surface area contributed by atoms with Crippen LogP contribution >= 0.6 is 24.8 Å². The van der Waals surface area contributed by atoms with E-state index in [9.17, 15) is 0 Å². The van der Waals surface area contributed by atoms with Crippen LogP contribution in [0.25, 0.3) is 0 Å². The van der Waals surface area contributed by atoms with Gasteiger partial charge < -0.3 is 0 Å². The molecular formula is C46H70Cl2Hf2Si2. The molecule has 0 aromatic carbocycles. The Balaban J connectivity index is 0.000000270. The van der Waals surface area contributed by atoms with Gasteiger partial charge in [-0.3, -0.25) is 0 Å². The molecule has 0 spiro atoms. The van der Waals surface area contributed by atoms with Gasteiger partial charge in [-0.05, 0) is 0 Å². The predicted molar refractivity (Wildman–Crippen MR) is 239 cm³/mol. The molecule has 52 heavy (non-hydrogen) atoms. The summed E-state index contributed by atoms with van der Waals surface area (Å²) in [5.74, 6) is -1.68. The summed E-state index contributed by atoms with van der Waals surface area (Å²) in [6, 6.07) is 0. The molecule has 6 aliphatic carbocycles. The third-order valence-electron chi connectivity index (χ3n) is 12.7. The molecule has 0 aromatic rings. The van der Waals surface area contributed by atoms with Gasteiger partial charge in [0.15, 0.2) is 0 Å². The van der Waals surface area contributed by atoms with Crippen LogP contribution in [0.5, 0.6) is 0 Å². The summed E-state index contributed by atoms with van der Waals surface area (Å²) >= 11 is -5.95. The third-order valence-corrected chi connectivity index (χ3v) is 103. The fourth-order valence-corrected chi connectivity index (χ4v) is 110. The first kappa shape index (κ1) is 46.0. The molecule has 0 bridgehead atoms. The average Bonchev–Trinajstić information content (AvgIpc) is 3.86. The van der Waals surface area contributed by atoms with Crippen molar-refractivity contribution < 1.29 is 38.3 Å². The molecule has 0 aromatic heterocycles. The van der Waals surface area contributed by atoms with Crippen molar-refractivity contribution in [2.45, 2.75) is 134 Å². The molecule has 0 saturated heterocycles. The number of hydrogen-bond donors (Lipinski definition) is 0. The van der Waals surface area contributed by atoms with E-state index in [4.69, 9.17) is 0 Å². The number of rotatable bonds is 8. The average molecular weight is 1110 g/mol. The van der Waals surface area contributed by atoms with Crippen molar-refractivity contribution >= 4 is 36.8 Å². The first-order valence-corrected chi connectivity index (χ1v) is 48.7. The maximum absolute atomic E-state index is 2.97. The maximum atomic E-state index is 2.67. The number of hydrogen-bond acceptors (Lipinski definition) is 0. The summed E-state index contributed by atoms with van der Waals surface area (Å²) in [6.45, 7) is 34.8. The summed E-state index contributed by atoms with van der Waals surface area (Å²) in [4.78, 5) is 0. The van der Waals surface area contributed by atoms with E-state index in [0.717, 1.165) is 0 Å². The van der Waals surface area contributed by atoms with Crippen molar-refractivity contribution in [3.05, 3.63) is 126 Å². The Bertz CT molecular complexity index is 1590. The molecular weight excluding hydrogens is 1040 g/mol. The van der Waals surface area contributed by atoms with Crippen LogP contribution < -0.4 is 0 Å². The first-order chi connectivity index (χ1) is 23.4. The van der Waals surface area contributed by atoms with Crippen molar-refractivity contribution in [3.63, 3.8) is 0 Å². The zero-order chi connectivity index (χ0) is 36.8. The van der Waals surface area contributed by atoms with Gasteiger partial charge in [0.25, 0.3) is 0 Å². The van der Waals surface area contributed by atoms with Crippen LogP contribution in [0.4, 0.5) is 0 Å². The fraction of sp³-hybridized carbons (Fsp3) is 0.478. The zero-order valence-electron chi connectivity index (χ0n) is 35.1. The Hall–Kier alpha value is -0.366. The smallest absolute Gasteiger partial charge is 0.147 e. The van der Waals surface area contributed by atoms with E-state index in [1.165, 1.54) is 38.5 Å². The second kappa shape index (κ2) is 17.8. The van der Waals surface area contributed by atoms with Gasteiger partial charge in [-0.25, -0.2) is 0 Å². The quantitative estimate of drug-likeness (QED) is 0.213. The minimum absolute atomic E-state index is 0. The molecule has 0 N–H and O–H groups in total. The normalized spacial score (nSPS) is 20.3. The molecule has 0 atom stereocenters. The van der Waals surface area contributed by atoms with Gasteiger partial charge in [-0.2, -0.15) is 0 Å². The molecule has 6 aliphatic rings. The summed E-state index contributed by atoms with van der Waals surface area (Å²) in [6.07, 6.45) is 36.7. The monoisotopic (exact) mass is 1110 g/mol. The Morgan fingerprint density at radius 3 is 0.769 bits per heavy atom. The molecule has 6 rings (SSSR count). The van der Waals surface area contributed by atoms with E-state index in [2.05, 4.69) is 168 Å². The molecule has 0 aliphatic heterocycles. The van der Waals surface area contributed by atoms with E-state index in [-0.39, 0.29) is 35.6 Å². The zero-order valence-corrected chi connectivity index (χ0v) is 46.3. The van der Waals surface area contributed by atoms with E-state index in [0.29, 0.717) is 0 Å². The standard InChI is InChI=1S/2C9H13.4C6H7.2C2H7Si.2ClH.2Hf/c2*1-9(2,3)8-6-4-5-7-8;4*1-6-4-2-3-5-6;2*1-3-2;;;;/h2*4,6H,5H2,1-3H3;4*2,4H,3H2,1H3;2*3H,1-2H3;2*1H;;. The van der Waals surface area contributed by atoms with E-state index in [1.54, 1.807) is 33.4 Å². The second-order valence-corrected chi connectivity index (χ2v) is 86.8. The molecule has 0 fully saturated rings. The van der Waals surface area contributed by atoms with Crippen molar-refractivity contribution in [2.24, 2.45) is 10.8 Å². The van der Waals surface area contributed by atoms with E-state index < -0.39 is 50.2 Å². The van der Waals surface area contributed by atoms with Crippen molar-refractivity contribution in [1.82, 2.24) is 0 Å². The molecule has 0 amide bonds. The fourth-order valence-electron chi connectivity index (χ4n) is 10.7. The van der Waals surface area contributed by atoms with Gasteiger partial charge in [-0.1, -0.05) is 0 Å². The molecule has 0 unspecified atom stereocenters. The topological polar surface area (TPSA) is 0 Å². The predicted octanol–water partition coefficient (Wildman–Crippen LogP) is 14.5. The summed E-state index contributed by atoms with van der Waals surface area (Å²) in [5, 5.41) is 0. The van der Waals surface area contributed by atoms with Crippen molar-refractivity contribution in [2.75, 3.05) is 0 Å². The molecule has 6 heteroatoms. The summed E-state index contributed by atoms with van der Waals surface area (Å²) < 4.78 is 11.6. The summed E-state index contributed by atoms with van der Waals surface area (Å²) in [5.41, 5.74) is 10.4. The van der Waals surface area contributed by atoms with E-state index >= 15 is 0 Å². The van der Waals surface area contributed by atoms with E-state index in [1.807, 2.05) is 20.0 Å². The van der Waals surface area contributed by atoms with Gasteiger partial charge in [0, 0.05) is 0 Å². The summed E-state index contributed by atoms with van der Waals surface area (Å²) in [7, 11) is 0. The Morgan fingerprint density at radius 1 is 0.385 bits per heavy atom. The van der Waals surface area contributed by atoms with Crippen LogP contribution in [-0.4, -0.2) is 12.0 Å². The van der Waals surface area contributed by atoms with Crippen LogP contribution in [-0.2, 0) is 38.3 Å². The van der Waals surface area contributed by atoms with Crippen LogP contribution in [0.15, 0.2) is 126 Å². The Labute approximate surface area is 342 Å².